The van der Waals surface area contributed by atoms with Crippen molar-refractivity contribution in [2.45, 2.75) is 57.8 Å². The number of hydrogen-bond donors (Lipinski definition) is 3. The largest absolute Gasteiger partial charge is 0.505 e. The van der Waals surface area contributed by atoms with Crippen LogP contribution in [0.4, 0.5) is 17.1 Å². The molecule has 1 unspecified atom stereocenters. The van der Waals surface area contributed by atoms with Gasteiger partial charge < -0.3 is 10.8 Å². The van der Waals surface area contributed by atoms with E-state index in [9.17, 15) is 5.11 Å². The van der Waals surface area contributed by atoms with Gasteiger partial charge in [0.05, 0.1) is 0 Å². The number of allylic oxidation sites excluding steroid dienone is 8. The van der Waals surface area contributed by atoms with E-state index in [4.69, 9.17) is 5.73 Å². The van der Waals surface area contributed by atoms with Crippen molar-refractivity contribution in [3.8, 4) is 5.75 Å². The molecule has 4 nitrogen and oxygen atoms in total. The van der Waals surface area contributed by atoms with E-state index < -0.39 is 0 Å². The van der Waals surface area contributed by atoms with Crippen molar-refractivity contribution in [2.75, 3.05) is 5.73 Å². The van der Waals surface area contributed by atoms with Crippen LogP contribution < -0.4 is 10.8 Å². The molecule has 0 saturated carbocycles. The number of nitrogens with zero attached hydrogens (tertiary/aromatic N) is 1. The molecule has 2 aliphatic rings. The summed E-state index contributed by atoms with van der Waals surface area (Å²) >= 11 is 0. The smallest absolute Gasteiger partial charge is 0.252 e. The Kier molecular flexibility index (Phi) is 6.60. The summed E-state index contributed by atoms with van der Waals surface area (Å²) in [6.07, 6.45) is 18.2. The third-order valence-electron chi connectivity index (χ3n) is 7.49. The molecular weight excluding hydrogens is 418 g/mol. The molecule has 34 heavy (non-hydrogen) atoms. The SMILES string of the molecule is CC(C)(C1=CC=CCC1)c1cc(N=[NH+]c2ccccc2N)c(O)c(C(C)(C)C2C=CC=CC2)c1. The zero-order valence-electron chi connectivity index (χ0n) is 20.7. The molecule has 0 spiro atoms. The van der Waals surface area contributed by atoms with Crippen molar-refractivity contribution in [3.63, 3.8) is 0 Å². The molecule has 4 heteroatoms. The first-order chi connectivity index (χ1) is 16.2. The number of nitrogens with two attached hydrogens (primary N) is 1. The van der Waals surface area contributed by atoms with Crippen molar-refractivity contribution >= 4 is 17.1 Å². The standard InChI is InChI=1S/C30H35N3O/c1-29(2,21-13-7-5-8-14-21)23-19-24(30(3,4)22-15-9-6-10-16-22)28(34)27(20-23)33-32-26-18-12-11-17-25(26)31/h5-7,9-13,15,17-20,22,34H,8,14,16,31H2,1-4H3/p+1. The number of nitrogen functional groups attached to an aromatic ring is 1. The van der Waals surface area contributed by atoms with Crippen LogP contribution in [0.15, 0.2) is 89.6 Å². The van der Waals surface area contributed by atoms with Crippen LogP contribution in [0, 0.1) is 5.92 Å². The lowest BCUT2D eigenvalue weighted by atomic mass is 9.68. The Morgan fingerprint density at radius 2 is 1.82 bits per heavy atom. The minimum absolute atomic E-state index is 0.193. The maximum atomic E-state index is 11.5. The molecule has 0 fully saturated rings. The molecule has 2 aromatic carbocycles. The quantitative estimate of drug-likeness (QED) is 0.347. The molecule has 2 aromatic rings. The Labute approximate surface area is 203 Å². The van der Waals surface area contributed by atoms with E-state index >= 15 is 0 Å². The highest BCUT2D eigenvalue weighted by atomic mass is 16.3. The lowest BCUT2D eigenvalue weighted by Gasteiger charge is -2.36. The Hall–Kier alpha value is -3.40. The molecule has 4 N–H and O–H groups in total. The van der Waals surface area contributed by atoms with Crippen molar-refractivity contribution in [1.29, 1.82) is 0 Å². The van der Waals surface area contributed by atoms with E-state index in [1.807, 2.05) is 30.3 Å². The van der Waals surface area contributed by atoms with Crippen LogP contribution in [0.1, 0.15) is 58.1 Å². The third kappa shape index (κ3) is 4.63. The maximum absolute atomic E-state index is 11.5. The predicted octanol–water partition coefficient (Wildman–Crippen LogP) is 6.43. The van der Waals surface area contributed by atoms with E-state index in [0.29, 0.717) is 17.1 Å². The van der Waals surface area contributed by atoms with E-state index in [-0.39, 0.29) is 22.5 Å². The van der Waals surface area contributed by atoms with Crippen LogP contribution in [0.5, 0.6) is 5.75 Å². The fraction of sp³-hybridized carbons (Fsp3) is 0.333. The average molecular weight is 455 g/mol. The van der Waals surface area contributed by atoms with E-state index in [1.54, 1.807) is 0 Å². The Bertz CT molecular complexity index is 1210. The number of hydrogen-bond acceptors (Lipinski definition) is 3. The Morgan fingerprint density at radius 1 is 1.03 bits per heavy atom. The first-order valence-corrected chi connectivity index (χ1v) is 12.1. The molecule has 0 aromatic heterocycles. The second kappa shape index (κ2) is 9.46. The number of nitrogens with one attached hydrogen (secondary N) is 1. The van der Waals surface area contributed by atoms with Gasteiger partial charge >= 0.3 is 0 Å². The average Bonchev–Trinajstić information content (AvgIpc) is 2.85. The number of aromatic hydroxyl groups is 1. The number of phenolic OH excluding ortho intramolecular Hbond substituents is 1. The van der Waals surface area contributed by atoms with Gasteiger partial charge in [-0.05, 0) is 48.3 Å². The van der Waals surface area contributed by atoms with Crippen LogP contribution in [-0.4, -0.2) is 5.11 Å². The predicted molar refractivity (Wildman–Crippen MR) is 141 cm³/mol. The van der Waals surface area contributed by atoms with Crippen LogP contribution >= 0.6 is 0 Å². The monoisotopic (exact) mass is 454 g/mol. The molecule has 176 valence electrons. The van der Waals surface area contributed by atoms with Gasteiger partial charge in [-0.25, -0.2) is 0 Å². The van der Waals surface area contributed by atoms with Crippen LogP contribution in [0.25, 0.3) is 0 Å². The molecule has 1 atom stereocenters. The molecule has 0 heterocycles. The summed E-state index contributed by atoms with van der Waals surface area (Å²) in [6.45, 7) is 8.94. The van der Waals surface area contributed by atoms with Gasteiger partial charge in [-0.1, -0.05) is 99.1 Å². The summed E-state index contributed by atoms with van der Waals surface area (Å²) < 4.78 is 0. The molecule has 0 radical (unpaired) electrons. The molecule has 0 amide bonds. The summed E-state index contributed by atoms with van der Waals surface area (Å²) in [7, 11) is 0. The van der Waals surface area contributed by atoms with Crippen molar-refractivity contribution in [3.05, 3.63) is 95.6 Å². The van der Waals surface area contributed by atoms with Gasteiger partial charge in [0.15, 0.2) is 11.4 Å². The van der Waals surface area contributed by atoms with Gasteiger partial charge in [0.2, 0.25) is 0 Å². The Balaban J connectivity index is 1.86. The summed E-state index contributed by atoms with van der Waals surface area (Å²) in [5.74, 6) is 0.496. The fourth-order valence-electron chi connectivity index (χ4n) is 4.90. The molecular formula is C30H36N3O+. The van der Waals surface area contributed by atoms with Crippen molar-refractivity contribution < 1.29 is 10.2 Å². The van der Waals surface area contributed by atoms with Crippen LogP contribution in [-0.2, 0) is 10.8 Å². The second-order valence-corrected chi connectivity index (χ2v) is 10.4. The van der Waals surface area contributed by atoms with Gasteiger partial charge in [-0.3, -0.25) is 0 Å². The van der Waals surface area contributed by atoms with Crippen molar-refractivity contribution in [2.24, 2.45) is 11.0 Å². The fourth-order valence-corrected chi connectivity index (χ4v) is 4.90. The Morgan fingerprint density at radius 3 is 2.50 bits per heavy atom. The number of phenols is 1. The molecule has 2 aliphatic carbocycles. The number of anilines is 1. The van der Waals surface area contributed by atoms with Gasteiger partial charge in [0.25, 0.3) is 5.69 Å². The molecule has 0 aliphatic heterocycles. The van der Waals surface area contributed by atoms with E-state index in [2.05, 4.69) is 86.5 Å². The van der Waals surface area contributed by atoms with Crippen LogP contribution in [0.3, 0.4) is 0 Å². The second-order valence-electron chi connectivity index (χ2n) is 10.4. The normalized spacial score (nSPS) is 18.5. The van der Waals surface area contributed by atoms with Gasteiger partial charge in [0, 0.05) is 22.2 Å². The first kappa shape index (κ1) is 23.7. The highest BCUT2D eigenvalue weighted by Crippen LogP contribution is 2.47. The maximum Gasteiger partial charge on any atom is 0.252 e. The van der Waals surface area contributed by atoms with Gasteiger partial charge in [-0.2, -0.15) is 0 Å². The first-order valence-electron chi connectivity index (χ1n) is 12.1. The van der Waals surface area contributed by atoms with Gasteiger partial charge in [-0.15, -0.1) is 0 Å². The number of rotatable bonds is 6. The number of benzene rings is 2. The lowest BCUT2D eigenvalue weighted by molar-refractivity contribution is -0.432. The topological polar surface area (TPSA) is 72.6 Å². The minimum Gasteiger partial charge on any atom is -0.505 e. The molecule has 4 rings (SSSR count). The summed E-state index contributed by atoms with van der Waals surface area (Å²) in [5.41, 5.74) is 10.9. The summed E-state index contributed by atoms with van der Waals surface area (Å²) in [5, 5.41) is 19.2. The number of azo groups is 1. The molecule has 0 bridgehead atoms. The zero-order chi connectivity index (χ0) is 24.3. The van der Waals surface area contributed by atoms with E-state index in [0.717, 1.165) is 30.4 Å². The summed E-state index contributed by atoms with van der Waals surface area (Å²) in [4.78, 5) is 0. The van der Waals surface area contributed by atoms with Crippen molar-refractivity contribution in [1.82, 2.24) is 0 Å². The summed E-state index contributed by atoms with van der Waals surface area (Å²) in [6, 6.07) is 11.7. The third-order valence-corrected chi connectivity index (χ3v) is 7.49. The van der Waals surface area contributed by atoms with E-state index in [1.165, 1.54) is 5.57 Å². The van der Waals surface area contributed by atoms with Crippen LogP contribution in [0.2, 0.25) is 0 Å². The highest BCUT2D eigenvalue weighted by Gasteiger charge is 2.36. The highest BCUT2D eigenvalue weighted by molar-refractivity contribution is 5.62. The van der Waals surface area contributed by atoms with Gasteiger partial charge in [0.1, 0.15) is 5.69 Å². The minimum atomic E-state index is -0.283. The lowest BCUT2D eigenvalue weighted by Crippen LogP contribution is -2.57. The molecule has 0 saturated heterocycles. The number of para-hydroxylation sites is 2. The zero-order valence-corrected chi connectivity index (χ0v) is 20.7.